The van der Waals surface area contributed by atoms with E-state index >= 15 is 0 Å². The van der Waals surface area contributed by atoms with Crippen LogP contribution in [0.3, 0.4) is 0 Å². The molecular weight excluding hydrogens is 356 g/mol. The van der Waals surface area contributed by atoms with Crippen LogP contribution in [0.25, 0.3) is 0 Å². The standard InChI is InChI=1S/C17H19BrN4O/c1-12-5-8-19-17(20-12)22-9-6-13(7-10-22)16(23)21-15-4-2-3-14(18)11-15/h2-5,8,11,13H,6-7,9-10H2,1H3,(H,21,23). The van der Waals surface area contributed by atoms with Crippen LogP contribution >= 0.6 is 15.9 Å². The number of hydrogen-bond acceptors (Lipinski definition) is 4. The van der Waals surface area contributed by atoms with Crippen LogP contribution in [0.5, 0.6) is 0 Å². The molecule has 0 aliphatic carbocycles. The van der Waals surface area contributed by atoms with Crippen molar-refractivity contribution < 1.29 is 4.79 Å². The predicted octanol–water partition coefficient (Wildman–Crippen LogP) is 3.40. The van der Waals surface area contributed by atoms with Gasteiger partial charge in [-0.3, -0.25) is 4.79 Å². The maximum atomic E-state index is 12.4. The first-order chi connectivity index (χ1) is 11.1. The molecule has 6 heteroatoms. The minimum absolute atomic E-state index is 0.0371. The number of aromatic nitrogens is 2. The van der Waals surface area contributed by atoms with Gasteiger partial charge in [0.2, 0.25) is 11.9 Å². The summed E-state index contributed by atoms with van der Waals surface area (Å²) in [4.78, 5) is 23.3. The van der Waals surface area contributed by atoms with E-state index in [0.29, 0.717) is 0 Å². The number of amides is 1. The molecule has 0 saturated carbocycles. The van der Waals surface area contributed by atoms with Crippen molar-refractivity contribution in [2.75, 3.05) is 23.3 Å². The Kier molecular flexibility index (Phi) is 4.91. The molecule has 1 aromatic heterocycles. The van der Waals surface area contributed by atoms with Gasteiger partial charge in [-0.25, -0.2) is 9.97 Å². The molecule has 0 unspecified atom stereocenters. The van der Waals surface area contributed by atoms with Gasteiger partial charge in [-0.1, -0.05) is 22.0 Å². The molecule has 120 valence electrons. The SMILES string of the molecule is Cc1ccnc(N2CCC(C(=O)Nc3cccc(Br)c3)CC2)n1. The van der Waals surface area contributed by atoms with Gasteiger partial charge in [0.25, 0.3) is 0 Å². The third kappa shape index (κ3) is 4.07. The van der Waals surface area contributed by atoms with Gasteiger partial charge in [-0.15, -0.1) is 0 Å². The van der Waals surface area contributed by atoms with E-state index in [1.807, 2.05) is 37.3 Å². The molecule has 1 amide bonds. The lowest BCUT2D eigenvalue weighted by molar-refractivity contribution is -0.120. The topological polar surface area (TPSA) is 58.1 Å². The van der Waals surface area contributed by atoms with Crippen molar-refractivity contribution in [3.8, 4) is 0 Å². The third-order valence-corrected chi connectivity index (χ3v) is 4.52. The molecule has 0 spiro atoms. The number of piperidine rings is 1. The molecular formula is C17H19BrN4O. The van der Waals surface area contributed by atoms with Crippen molar-refractivity contribution in [3.05, 3.63) is 46.7 Å². The van der Waals surface area contributed by atoms with Gasteiger partial charge >= 0.3 is 0 Å². The minimum Gasteiger partial charge on any atom is -0.341 e. The van der Waals surface area contributed by atoms with Crippen molar-refractivity contribution in [2.24, 2.45) is 5.92 Å². The summed E-state index contributed by atoms with van der Waals surface area (Å²) in [6, 6.07) is 9.56. The molecule has 3 rings (SSSR count). The first kappa shape index (κ1) is 15.9. The van der Waals surface area contributed by atoms with Crippen LogP contribution in [-0.4, -0.2) is 29.0 Å². The summed E-state index contributed by atoms with van der Waals surface area (Å²) in [5.74, 6) is 0.888. The van der Waals surface area contributed by atoms with E-state index in [1.54, 1.807) is 6.20 Å². The Bertz CT molecular complexity index is 698. The fourth-order valence-corrected chi connectivity index (χ4v) is 3.14. The highest BCUT2D eigenvalue weighted by Crippen LogP contribution is 2.23. The average Bonchev–Trinajstić information content (AvgIpc) is 2.55. The summed E-state index contributed by atoms with van der Waals surface area (Å²) in [5.41, 5.74) is 1.79. The van der Waals surface area contributed by atoms with Crippen LogP contribution < -0.4 is 10.2 Å². The first-order valence-electron chi connectivity index (χ1n) is 7.73. The second-order valence-corrected chi connectivity index (χ2v) is 6.67. The lowest BCUT2D eigenvalue weighted by Crippen LogP contribution is -2.39. The van der Waals surface area contributed by atoms with Crippen molar-refractivity contribution in [1.29, 1.82) is 0 Å². The third-order valence-electron chi connectivity index (χ3n) is 4.02. The van der Waals surface area contributed by atoms with Crippen LogP contribution in [0.4, 0.5) is 11.6 Å². The van der Waals surface area contributed by atoms with Crippen LogP contribution in [0, 0.1) is 12.8 Å². The van der Waals surface area contributed by atoms with Gasteiger partial charge in [0.05, 0.1) is 0 Å². The zero-order chi connectivity index (χ0) is 16.2. The lowest BCUT2D eigenvalue weighted by atomic mass is 9.96. The molecule has 1 aliphatic rings. The molecule has 2 heterocycles. The van der Waals surface area contributed by atoms with Crippen LogP contribution in [0.15, 0.2) is 41.0 Å². The van der Waals surface area contributed by atoms with E-state index in [0.717, 1.165) is 47.7 Å². The largest absolute Gasteiger partial charge is 0.341 e. The highest BCUT2D eigenvalue weighted by atomic mass is 79.9. The summed E-state index contributed by atoms with van der Waals surface area (Å²) in [5, 5.41) is 3.00. The number of nitrogens with one attached hydrogen (secondary N) is 1. The van der Waals surface area contributed by atoms with Gasteiger partial charge in [0.1, 0.15) is 0 Å². The Balaban J connectivity index is 1.57. The quantitative estimate of drug-likeness (QED) is 0.894. The average molecular weight is 375 g/mol. The highest BCUT2D eigenvalue weighted by Gasteiger charge is 2.26. The Morgan fingerprint density at radius 2 is 2.09 bits per heavy atom. The summed E-state index contributed by atoms with van der Waals surface area (Å²) >= 11 is 3.42. The molecule has 1 saturated heterocycles. The van der Waals surface area contributed by atoms with Gasteiger partial charge < -0.3 is 10.2 Å². The fourth-order valence-electron chi connectivity index (χ4n) is 2.74. The Morgan fingerprint density at radius 1 is 1.30 bits per heavy atom. The van der Waals surface area contributed by atoms with Crippen molar-refractivity contribution in [1.82, 2.24) is 9.97 Å². The number of benzene rings is 1. The highest BCUT2D eigenvalue weighted by molar-refractivity contribution is 9.10. The molecule has 1 fully saturated rings. The Morgan fingerprint density at radius 3 is 2.78 bits per heavy atom. The van der Waals surface area contributed by atoms with Crippen LogP contribution in [-0.2, 0) is 4.79 Å². The number of aryl methyl sites for hydroxylation is 1. The molecule has 0 atom stereocenters. The zero-order valence-corrected chi connectivity index (χ0v) is 14.6. The van der Waals surface area contributed by atoms with Gasteiger partial charge in [-0.2, -0.15) is 0 Å². The number of rotatable bonds is 3. The number of nitrogens with zero attached hydrogens (tertiary/aromatic N) is 3. The van der Waals surface area contributed by atoms with Crippen molar-refractivity contribution >= 4 is 33.5 Å². The summed E-state index contributed by atoms with van der Waals surface area (Å²) in [6.07, 6.45) is 3.41. The predicted molar refractivity (Wildman–Crippen MR) is 94.5 cm³/mol. The number of carbonyl (C=O) groups excluding carboxylic acids is 1. The summed E-state index contributed by atoms with van der Waals surface area (Å²) in [7, 11) is 0. The van der Waals surface area contributed by atoms with Gasteiger partial charge in [-0.05, 0) is 44.0 Å². The van der Waals surface area contributed by atoms with Crippen LogP contribution in [0.1, 0.15) is 18.5 Å². The maximum Gasteiger partial charge on any atom is 0.227 e. The molecule has 0 radical (unpaired) electrons. The van der Waals surface area contributed by atoms with Crippen molar-refractivity contribution in [3.63, 3.8) is 0 Å². The van der Waals surface area contributed by atoms with Gasteiger partial charge in [0, 0.05) is 41.1 Å². The normalized spacial score (nSPS) is 15.5. The molecule has 1 aliphatic heterocycles. The smallest absolute Gasteiger partial charge is 0.227 e. The molecule has 0 bridgehead atoms. The Hall–Kier alpha value is -1.95. The van der Waals surface area contributed by atoms with E-state index < -0.39 is 0 Å². The van der Waals surface area contributed by atoms with Crippen LogP contribution in [0.2, 0.25) is 0 Å². The van der Waals surface area contributed by atoms with E-state index in [9.17, 15) is 4.79 Å². The molecule has 5 nitrogen and oxygen atoms in total. The zero-order valence-electron chi connectivity index (χ0n) is 13.0. The second kappa shape index (κ2) is 7.08. The van der Waals surface area contributed by atoms with Crippen molar-refractivity contribution in [2.45, 2.75) is 19.8 Å². The maximum absolute atomic E-state index is 12.4. The molecule has 2 aromatic rings. The minimum atomic E-state index is 0.0371. The molecule has 1 N–H and O–H groups in total. The number of hydrogen-bond donors (Lipinski definition) is 1. The number of carbonyl (C=O) groups is 1. The Labute approximate surface area is 144 Å². The van der Waals surface area contributed by atoms with E-state index in [4.69, 9.17) is 0 Å². The van der Waals surface area contributed by atoms with E-state index in [2.05, 4.69) is 36.1 Å². The summed E-state index contributed by atoms with van der Waals surface area (Å²) in [6.45, 7) is 3.57. The fraction of sp³-hybridized carbons (Fsp3) is 0.353. The first-order valence-corrected chi connectivity index (χ1v) is 8.52. The second-order valence-electron chi connectivity index (χ2n) is 5.76. The molecule has 23 heavy (non-hydrogen) atoms. The van der Waals surface area contributed by atoms with E-state index in [1.165, 1.54) is 0 Å². The summed E-state index contributed by atoms with van der Waals surface area (Å²) < 4.78 is 0.960. The number of halogens is 1. The lowest BCUT2D eigenvalue weighted by Gasteiger charge is -2.31. The monoisotopic (exact) mass is 374 g/mol. The van der Waals surface area contributed by atoms with E-state index in [-0.39, 0.29) is 11.8 Å². The van der Waals surface area contributed by atoms with Gasteiger partial charge in [0.15, 0.2) is 0 Å². The number of anilines is 2. The molecule has 1 aromatic carbocycles.